The minimum absolute atomic E-state index is 0.150. The van der Waals surface area contributed by atoms with Gasteiger partial charge in [0.25, 0.3) is 0 Å². The zero-order valence-corrected chi connectivity index (χ0v) is 18.0. The van der Waals surface area contributed by atoms with Crippen molar-refractivity contribution in [3.05, 3.63) is 75.5 Å². The first kappa shape index (κ1) is 22.1. The lowest BCUT2D eigenvalue weighted by atomic mass is 10.0. The number of carbonyl (C=O) groups excluding carboxylic acids is 2. The zero-order valence-electron chi connectivity index (χ0n) is 16.3. The first-order valence-electron chi connectivity index (χ1n) is 9.00. The highest BCUT2D eigenvalue weighted by Crippen LogP contribution is 2.28. The number of hydrogen-bond donors (Lipinski definition) is 0. The van der Waals surface area contributed by atoms with Crippen LogP contribution in [0.15, 0.2) is 53.8 Å². The molecular formula is C22H24ClO4P. The molecular weight excluding hydrogens is 395 g/mol. The molecule has 0 aromatic heterocycles. The summed E-state index contributed by atoms with van der Waals surface area (Å²) in [4.78, 5) is 21.9. The number of ether oxygens (including phenoxy) is 1. The van der Waals surface area contributed by atoms with E-state index in [1.54, 1.807) is 13.8 Å². The van der Waals surface area contributed by atoms with Gasteiger partial charge in [-0.25, -0.2) is 0 Å². The standard InChI is InChI=1S/C22H24ClO4P/c1-4-26-20-8-5-17(6-9-20)11-19-12-18(7-10-21(19)23)14-28-27-16(3)15(2)22(25)13-24/h5-10,12-13,28H,4,11,14H2,1-3H3/b16-15+. The van der Waals surface area contributed by atoms with E-state index in [2.05, 4.69) is 6.07 Å². The summed E-state index contributed by atoms with van der Waals surface area (Å²) >= 11 is 6.37. The fraction of sp³-hybridized carbons (Fsp3) is 0.273. The monoisotopic (exact) mass is 418 g/mol. The number of Topliss-reactive ketones (excluding diaryl/α,β-unsaturated/α-hetero) is 1. The molecule has 2 aromatic rings. The lowest BCUT2D eigenvalue weighted by Crippen LogP contribution is -2.03. The van der Waals surface area contributed by atoms with Crippen molar-refractivity contribution >= 4 is 32.5 Å². The lowest BCUT2D eigenvalue weighted by molar-refractivity contribution is -0.127. The van der Waals surface area contributed by atoms with Gasteiger partial charge in [-0.15, -0.1) is 0 Å². The van der Waals surface area contributed by atoms with Gasteiger partial charge in [-0.1, -0.05) is 35.9 Å². The predicted molar refractivity (Wildman–Crippen MR) is 114 cm³/mol. The third kappa shape index (κ3) is 6.47. The number of aldehydes is 1. The van der Waals surface area contributed by atoms with E-state index in [1.165, 1.54) is 0 Å². The van der Waals surface area contributed by atoms with Crippen molar-refractivity contribution in [3.8, 4) is 5.75 Å². The molecule has 0 radical (unpaired) electrons. The molecule has 4 nitrogen and oxygen atoms in total. The topological polar surface area (TPSA) is 52.6 Å². The third-order valence-electron chi connectivity index (χ3n) is 4.25. The quantitative estimate of drug-likeness (QED) is 0.168. The second kappa shape index (κ2) is 11.0. The molecule has 0 bridgehead atoms. The van der Waals surface area contributed by atoms with Crippen LogP contribution in [0.1, 0.15) is 37.5 Å². The highest BCUT2D eigenvalue weighted by atomic mass is 35.5. The molecule has 0 spiro atoms. The average molecular weight is 419 g/mol. The smallest absolute Gasteiger partial charge is 0.224 e. The summed E-state index contributed by atoms with van der Waals surface area (Å²) in [7, 11) is 0.150. The third-order valence-corrected chi connectivity index (χ3v) is 5.62. The van der Waals surface area contributed by atoms with Crippen LogP contribution in [0.25, 0.3) is 0 Å². The molecule has 0 fully saturated rings. The minimum Gasteiger partial charge on any atom is -0.494 e. The molecule has 148 valence electrons. The number of halogens is 1. The molecule has 6 heteroatoms. The Morgan fingerprint density at radius 1 is 1.11 bits per heavy atom. The van der Waals surface area contributed by atoms with Crippen LogP contribution < -0.4 is 4.74 Å². The highest BCUT2D eigenvalue weighted by molar-refractivity contribution is 7.31. The number of carbonyl (C=O) groups is 2. The second-order valence-electron chi connectivity index (χ2n) is 6.27. The maximum Gasteiger partial charge on any atom is 0.224 e. The Balaban J connectivity index is 2.00. The van der Waals surface area contributed by atoms with Crippen molar-refractivity contribution in [3.63, 3.8) is 0 Å². The maximum absolute atomic E-state index is 11.4. The van der Waals surface area contributed by atoms with Gasteiger partial charge in [-0.3, -0.25) is 9.59 Å². The summed E-state index contributed by atoms with van der Waals surface area (Å²) in [5.74, 6) is 0.793. The molecule has 28 heavy (non-hydrogen) atoms. The van der Waals surface area contributed by atoms with Gasteiger partial charge in [-0.2, -0.15) is 0 Å². The number of rotatable bonds is 10. The van der Waals surface area contributed by atoms with Crippen molar-refractivity contribution < 1.29 is 18.8 Å². The molecule has 1 atom stereocenters. The van der Waals surface area contributed by atoms with Gasteiger partial charge < -0.3 is 9.26 Å². The van der Waals surface area contributed by atoms with Crippen LogP contribution in [0, 0.1) is 0 Å². The van der Waals surface area contributed by atoms with Crippen LogP contribution in [-0.4, -0.2) is 18.7 Å². The fourth-order valence-electron chi connectivity index (χ4n) is 2.53. The van der Waals surface area contributed by atoms with Crippen molar-refractivity contribution in [2.24, 2.45) is 0 Å². The Hall–Kier alpha value is -2.16. The molecule has 0 N–H and O–H groups in total. The number of ketones is 1. The van der Waals surface area contributed by atoms with E-state index in [0.717, 1.165) is 33.9 Å². The van der Waals surface area contributed by atoms with E-state index in [-0.39, 0.29) is 8.81 Å². The van der Waals surface area contributed by atoms with Crippen LogP contribution in [0.4, 0.5) is 0 Å². The van der Waals surface area contributed by atoms with E-state index < -0.39 is 5.78 Å². The Morgan fingerprint density at radius 2 is 1.79 bits per heavy atom. The van der Waals surface area contributed by atoms with Crippen LogP contribution in [0.2, 0.25) is 5.02 Å². The minimum atomic E-state index is -0.550. The summed E-state index contributed by atoms with van der Waals surface area (Å²) in [5.41, 5.74) is 3.65. The first-order chi connectivity index (χ1) is 13.4. The van der Waals surface area contributed by atoms with Gasteiger partial charge >= 0.3 is 0 Å². The molecule has 0 amide bonds. The van der Waals surface area contributed by atoms with Crippen molar-refractivity contribution in [2.45, 2.75) is 33.4 Å². The van der Waals surface area contributed by atoms with Gasteiger partial charge in [0.1, 0.15) is 11.5 Å². The Bertz CT molecular complexity index is 859. The molecule has 1 unspecified atom stereocenters. The van der Waals surface area contributed by atoms with Gasteiger partial charge in [0, 0.05) is 16.8 Å². The van der Waals surface area contributed by atoms with Crippen molar-refractivity contribution in [1.82, 2.24) is 0 Å². The van der Waals surface area contributed by atoms with Gasteiger partial charge in [0.05, 0.1) is 15.4 Å². The molecule has 0 aliphatic carbocycles. The molecule has 0 aliphatic heterocycles. The Morgan fingerprint density at radius 3 is 2.43 bits per heavy atom. The van der Waals surface area contributed by atoms with Gasteiger partial charge in [-0.05, 0) is 62.1 Å². The number of hydrogen-bond acceptors (Lipinski definition) is 4. The molecule has 0 saturated heterocycles. The molecule has 0 heterocycles. The second-order valence-corrected chi connectivity index (χ2v) is 7.52. The van der Waals surface area contributed by atoms with E-state index in [0.29, 0.717) is 30.4 Å². The van der Waals surface area contributed by atoms with Crippen LogP contribution in [-0.2, 0) is 26.7 Å². The Labute approximate surface area is 172 Å². The first-order valence-corrected chi connectivity index (χ1v) is 10.5. The van der Waals surface area contributed by atoms with Crippen molar-refractivity contribution in [1.29, 1.82) is 0 Å². The zero-order chi connectivity index (χ0) is 20.5. The number of benzene rings is 2. The summed E-state index contributed by atoms with van der Waals surface area (Å²) in [6.45, 7) is 5.90. The highest BCUT2D eigenvalue weighted by Gasteiger charge is 2.08. The van der Waals surface area contributed by atoms with Crippen LogP contribution in [0.5, 0.6) is 5.75 Å². The summed E-state index contributed by atoms with van der Waals surface area (Å²) in [6.07, 6.45) is 1.74. The summed E-state index contributed by atoms with van der Waals surface area (Å²) in [6, 6.07) is 14.0. The number of allylic oxidation sites excluding steroid dienone is 2. The fourth-order valence-corrected chi connectivity index (χ4v) is 3.54. The van der Waals surface area contributed by atoms with E-state index >= 15 is 0 Å². The normalized spacial score (nSPS) is 12.0. The van der Waals surface area contributed by atoms with E-state index in [1.807, 2.05) is 43.3 Å². The van der Waals surface area contributed by atoms with E-state index in [4.69, 9.17) is 20.9 Å². The Kier molecular flexibility index (Phi) is 8.69. The lowest BCUT2D eigenvalue weighted by Gasteiger charge is -2.11. The van der Waals surface area contributed by atoms with Crippen molar-refractivity contribution in [2.75, 3.05) is 6.61 Å². The maximum atomic E-state index is 11.4. The average Bonchev–Trinajstić information content (AvgIpc) is 2.70. The van der Waals surface area contributed by atoms with Crippen LogP contribution >= 0.6 is 20.4 Å². The SMILES string of the molecule is CCOc1ccc(Cc2cc(CPO/C(C)=C(\C)C(=O)C=O)ccc2Cl)cc1. The summed E-state index contributed by atoms with van der Waals surface area (Å²) < 4.78 is 11.1. The molecule has 2 aromatic carbocycles. The summed E-state index contributed by atoms with van der Waals surface area (Å²) in [5, 5.41) is 0.727. The molecule has 0 aliphatic rings. The largest absolute Gasteiger partial charge is 0.494 e. The van der Waals surface area contributed by atoms with Crippen LogP contribution in [0.3, 0.4) is 0 Å². The molecule has 0 saturated carbocycles. The molecule has 2 rings (SSSR count). The van der Waals surface area contributed by atoms with E-state index in [9.17, 15) is 9.59 Å². The van der Waals surface area contributed by atoms with Gasteiger partial charge in [0.2, 0.25) is 5.78 Å². The predicted octanol–water partition coefficient (Wildman–Crippen LogP) is 5.50. The van der Waals surface area contributed by atoms with Gasteiger partial charge in [0.15, 0.2) is 6.29 Å².